The van der Waals surface area contributed by atoms with Crippen LogP contribution in [0, 0.1) is 5.92 Å². The minimum atomic E-state index is -0.465. The van der Waals surface area contributed by atoms with Gasteiger partial charge in [-0.05, 0) is 18.4 Å². The Morgan fingerprint density at radius 3 is 2.90 bits per heavy atom. The van der Waals surface area contributed by atoms with Crippen LogP contribution >= 0.6 is 0 Å². The van der Waals surface area contributed by atoms with Crippen molar-refractivity contribution in [2.45, 2.75) is 20.3 Å². The third-order valence-corrected chi connectivity index (χ3v) is 2.60. The van der Waals surface area contributed by atoms with Gasteiger partial charge in [-0.1, -0.05) is 13.8 Å². The van der Waals surface area contributed by atoms with Crippen molar-refractivity contribution in [3.63, 3.8) is 0 Å². The molecule has 1 aromatic rings. The first kappa shape index (κ1) is 16.2. The molecule has 0 aliphatic rings. The van der Waals surface area contributed by atoms with E-state index in [1.54, 1.807) is 0 Å². The van der Waals surface area contributed by atoms with E-state index in [1.165, 1.54) is 19.4 Å². The molecule has 6 heteroatoms. The number of pyridine rings is 1. The summed E-state index contributed by atoms with van der Waals surface area (Å²) in [7, 11) is 1.32. The van der Waals surface area contributed by atoms with Gasteiger partial charge in [0.15, 0.2) is 0 Å². The van der Waals surface area contributed by atoms with E-state index in [-0.39, 0.29) is 0 Å². The van der Waals surface area contributed by atoms with Crippen LogP contribution < -0.4 is 11.1 Å². The lowest BCUT2D eigenvalue weighted by Gasteiger charge is -2.11. The standard InChI is InChI=1S/C14H23N3O3/c1-10(2)9-20-8-4-6-16-13-12(15)11(5-7-17-13)14(18)19-3/h5,7,10H,4,6,8-9,15H2,1-3H3,(H,16,17). The quantitative estimate of drug-likeness (QED) is 0.559. The number of nitrogens with zero attached hydrogens (tertiary/aromatic N) is 1. The molecule has 0 bridgehead atoms. The maximum Gasteiger partial charge on any atom is 0.340 e. The zero-order valence-corrected chi connectivity index (χ0v) is 12.3. The van der Waals surface area contributed by atoms with Gasteiger partial charge in [-0.3, -0.25) is 0 Å². The molecule has 0 saturated carbocycles. The molecule has 3 N–H and O–H groups in total. The summed E-state index contributed by atoms with van der Waals surface area (Å²) in [5.74, 6) is 0.571. The molecule has 0 spiro atoms. The summed E-state index contributed by atoms with van der Waals surface area (Å²) in [4.78, 5) is 15.6. The number of esters is 1. The highest BCUT2D eigenvalue weighted by atomic mass is 16.5. The molecule has 0 atom stereocenters. The second-order valence-corrected chi connectivity index (χ2v) is 4.86. The second kappa shape index (κ2) is 8.37. The largest absolute Gasteiger partial charge is 0.465 e. The molecular formula is C14H23N3O3. The Kier molecular flexibility index (Phi) is 6.79. The predicted octanol–water partition coefficient (Wildman–Crippen LogP) is 1.92. The van der Waals surface area contributed by atoms with Crippen LogP contribution in [0.1, 0.15) is 30.6 Å². The number of rotatable bonds is 8. The van der Waals surface area contributed by atoms with Gasteiger partial charge in [0.25, 0.3) is 0 Å². The Bertz CT molecular complexity index is 436. The molecule has 1 aromatic heterocycles. The number of aromatic nitrogens is 1. The lowest BCUT2D eigenvalue weighted by Crippen LogP contribution is -2.13. The van der Waals surface area contributed by atoms with Gasteiger partial charge in [0.05, 0.1) is 18.4 Å². The average Bonchev–Trinajstić information content (AvgIpc) is 2.43. The number of anilines is 2. The van der Waals surface area contributed by atoms with Gasteiger partial charge in [-0.2, -0.15) is 0 Å². The average molecular weight is 281 g/mol. The Morgan fingerprint density at radius 2 is 2.25 bits per heavy atom. The molecule has 0 aliphatic heterocycles. The number of methoxy groups -OCH3 is 1. The lowest BCUT2D eigenvalue weighted by molar-refractivity contribution is 0.0602. The topological polar surface area (TPSA) is 86.5 Å². The number of nitrogens with one attached hydrogen (secondary N) is 1. The van der Waals surface area contributed by atoms with Crippen molar-refractivity contribution >= 4 is 17.5 Å². The van der Waals surface area contributed by atoms with E-state index in [0.717, 1.165) is 13.0 Å². The number of nitrogens with two attached hydrogens (primary N) is 1. The van der Waals surface area contributed by atoms with E-state index in [1.807, 2.05) is 0 Å². The molecule has 1 rings (SSSR count). The van der Waals surface area contributed by atoms with Gasteiger partial charge < -0.3 is 20.5 Å². The summed E-state index contributed by atoms with van der Waals surface area (Å²) in [6.07, 6.45) is 2.37. The molecule has 0 amide bonds. The van der Waals surface area contributed by atoms with Crippen molar-refractivity contribution in [2.75, 3.05) is 37.9 Å². The van der Waals surface area contributed by atoms with Gasteiger partial charge in [0, 0.05) is 26.0 Å². The first-order valence-electron chi connectivity index (χ1n) is 6.70. The molecule has 0 fully saturated rings. The van der Waals surface area contributed by atoms with Gasteiger partial charge >= 0.3 is 5.97 Å². The minimum absolute atomic E-state index is 0.308. The van der Waals surface area contributed by atoms with Crippen LogP contribution in [0.4, 0.5) is 11.5 Å². The number of nitrogen functional groups attached to an aromatic ring is 1. The highest BCUT2D eigenvalue weighted by Gasteiger charge is 2.13. The summed E-state index contributed by atoms with van der Waals surface area (Å²) in [6, 6.07) is 1.54. The molecular weight excluding hydrogens is 258 g/mol. The van der Waals surface area contributed by atoms with Crippen molar-refractivity contribution < 1.29 is 14.3 Å². The lowest BCUT2D eigenvalue weighted by atomic mass is 10.2. The van der Waals surface area contributed by atoms with E-state index < -0.39 is 5.97 Å². The number of carbonyl (C=O) groups is 1. The molecule has 112 valence electrons. The minimum Gasteiger partial charge on any atom is -0.465 e. The van der Waals surface area contributed by atoms with Gasteiger partial charge in [-0.15, -0.1) is 0 Å². The van der Waals surface area contributed by atoms with Crippen LogP contribution in [-0.4, -0.2) is 37.8 Å². The molecule has 0 saturated heterocycles. The van der Waals surface area contributed by atoms with Crippen LogP contribution in [0.3, 0.4) is 0 Å². The van der Waals surface area contributed by atoms with Gasteiger partial charge in [0.1, 0.15) is 5.82 Å². The number of ether oxygens (including phenoxy) is 2. The predicted molar refractivity (Wildman–Crippen MR) is 78.8 cm³/mol. The highest BCUT2D eigenvalue weighted by molar-refractivity contribution is 5.97. The van der Waals surface area contributed by atoms with E-state index in [0.29, 0.717) is 36.1 Å². The van der Waals surface area contributed by atoms with E-state index >= 15 is 0 Å². The highest BCUT2D eigenvalue weighted by Crippen LogP contribution is 2.20. The first-order valence-corrected chi connectivity index (χ1v) is 6.70. The van der Waals surface area contributed by atoms with Gasteiger partial charge in [0.2, 0.25) is 0 Å². The van der Waals surface area contributed by atoms with Crippen LogP contribution in [0.2, 0.25) is 0 Å². The third kappa shape index (κ3) is 5.05. The van der Waals surface area contributed by atoms with Crippen molar-refractivity contribution in [1.29, 1.82) is 0 Å². The van der Waals surface area contributed by atoms with Crippen molar-refractivity contribution in [3.8, 4) is 0 Å². The van der Waals surface area contributed by atoms with E-state index in [9.17, 15) is 4.79 Å². The molecule has 0 aromatic carbocycles. The van der Waals surface area contributed by atoms with Crippen LogP contribution in [0.5, 0.6) is 0 Å². The fourth-order valence-electron chi connectivity index (χ4n) is 1.60. The maximum absolute atomic E-state index is 11.5. The first-order chi connectivity index (χ1) is 9.56. The van der Waals surface area contributed by atoms with E-state index in [4.69, 9.17) is 10.5 Å². The van der Waals surface area contributed by atoms with Crippen LogP contribution in [0.15, 0.2) is 12.3 Å². The second-order valence-electron chi connectivity index (χ2n) is 4.86. The Morgan fingerprint density at radius 1 is 1.50 bits per heavy atom. The summed E-state index contributed by atoms with van der Waals surface area (Å²) < 4.78 is 10.1. The van der Waals surface area contributed by atoms with Crippen LogP contribution in [-0.2, 0) is 9.47 Å². The molecule has 20 heavy (non-hydrogen) atoms. The third-order valence-electron chi connectivity index (χ3n) is 2.60. The monoisotopic (exact) mass is 281 g/mol. The fourth-order valence-corrected chi connectivity index (χ4v) is 1.60. The SMILES string of the molecule is COC(=O)c1ccnc(NCCCOCC(C)C)c1N. The van der Waals surface area contributed by atoms with E-state index in [2.05, 4.69) is 28.9 Å². The summed E-state index contributed by atoms with van der Waals surface area (Å²) >= 11 is 0. The zero-order chi connectivity index (χ0) is 15.0. The smallest absolute Gasteiger partial charge is 0.340 e. The number of hydrogen-bond donors (Lipinski definition) is 2. The molecule has 0 radical (unpaired) electrons. The number of hydrogen-bond acceptors (Lipinski definition) is 6. The number of carbonyl (C=O) groups excluding carboxylic acids is 1. The molecule has 0 unspecified atom stereocenters. The van der Waals surface area contributed by atoms with Crippen LogP contribution in [0.25, 0.3) is 0 Å². The Hall–Kier alpha value is -1.82. The molecule has 0 aliphatic carbocycles. The Balaban J connectivity index is 2.43. The van der Waals surface area contributed by atoms with Crippen molar-refractivity contribution in [3.05, 3.63) is 17.8 Å². The summed E-state index contributed by atoms with van der Waals surface area (Å²) in [5.41, 5.74) is 6.51. The zero-order valence-electron chi connectivity index (χ0n) is 12.3. The summed E-state index contributed by atoms with van der Waals surface area (Å²) in [5, 5.41) is 3.10. The van der Waals surface area contributed by atoms with Gasteiger partial charge in [-0.25, -0.2) is 9.78 Å². The molecule has 1 heterocycles. The van der Waals surface area contributed by atoms with Crippen molar-refractivity contribution in [1.82, 2.24) is 4.98 Å². The maximum atomic E-state index is 11.5. The molecule has 6 nitrogen and oxygen atoms in total. The summed E-state index contributed by atoms with van der Waals surface area (Å²) in [6.45, 7) is 6.35. The van der Waals surface area contributed by atoms with Crippen molar-refractivity contribution in [2.24, 2.45) is 5.92 Å². The Labute approximate surface area is 119 Å². The normalized spacial score (nSPS) is 10.6. The fraction of sp³-hybridized carbons (Fsp3) is 0.571.